The molecule has 3 unspecified atom stereocenters. The molecule has 1 saturated heterocycles. The summed E-state index contributed by atoms with van der Waals surface area (Å²) in [5, 5.41) is 35.5. The van der Waals surface area contributed by atoms with E-state index in [2.05, 4.69) is 0 Å². The molecule has 210 valence electrons. The van der Waals surface area contributed by atoms with Crippen LogP contribution in [-0.2, 0) is 16.6 Å². The number of phenolic OH excluding ortho intramolecular Hbond substituents is 1. The minimum Gasteiger partial charge on any atom is -0.504 e. The second-order valence-corrected chi connectivity index (χ2v) is 13.5. The maximum Gasteiger partial charge on any atom is 0.246 e. The van der Waals surface area contributed by atoms with Gasteiger partial charge in [-0.1, -0.05) is 24.3 Å². The van der Waals surface area contributed by atoms with Crippen LogP contribution in [0.3, 0.4) is 0 Å². The largest absolute Gasteiger partial charge is 0.504 e. The summed E-state index contributed by atoms with van der Waals surface area (Å²) >= 11 is 1.75. The number of aromatic hydroxyl groups is 1. The highest BCUT2D eigenvalue weighted by Crippen LogP contribution is 2.66. The number of hydrogen-bond acceptors (Lipinski definition) is 6. The Hall–Kier alpha value is -2.47. The van der Waals surface area contributed by atoms with Gasteiger partial charge in [0.05, 0.1) is 11.5 Å². The molecule has 1 amide bonds. The number of benzene rings is 2. The van der Waals surface area contributed by atoms with E-state index in [1.54, 1.807) is 64.9 Å². The van der Waals surface area contributed by atoms with Crippen LogP contribution in [0.25, 0.3) is 6.08 Å². The number of aliphatic hydroxyl groups is 1. The number of phenols is 1. The van der Waals surface area contributed by atoms with Crippen LogP contribution in [0.5, 0.6) is 11.5 Å². The van der Waals surface area contributed by atoms with Crippen molar-refractivity contribution in [3.63, 3.8) is 0 Å². The molecule has 0 radical (unpaired) electrons. The fraction of sp³-hybridized carbons (Fsp3) is 0.484. The van der Waals surface area contributed by atoms with Crippen LogP contribution in [0.2, 0.25) is 0 Å². The molecule has 2 bridgehead atoms. The third-order valence-corrected chi connectivity index (χ3v) is 11.1. The smallest absolute Gasteiger partial charge is 0.246 e. The minimum atomic E-state index is -1.21. The van der Waals surface area contributed by atoms with Crippen molar-refractivity contribution in [2.75, 3.05) is 20.1 Å². The second kappa shape index (κ2) is 9.01. The summed E-state index contributed by atoms with van der Waals surface area (Å²) in [6.07, 6.45) is 6.91. The molecule has 6 atom stereocenters. The number of likely N-dealkylation sites (N-methyl/N-ethyl adjacent to an activating group) is 1. The molecule has 40 heavy (non-hydrogen) atoms. The first kappa shape index (κ1) is 26.4. The van der Waals surface area contributed by atoms with Gasteiger partial charge in [-0.2, -0.15) is 4.65 Å². The molecule has 2 heterocycles. The van der Waals surface area contributed by atoms with Crippen LogP contribution in [0, 0.1) is 5.92 Å². The van der Waals surface area contributed by atoms with Crippen molar-refractivity contribution in [3.05, 3.63) is 64.7 Å². The highest BCUT2D eigenvalue weighted by molar-refractivity contribution is 14.1. The zero-order valence-electron chi connectivity index (χ0n) is 22.4. The molecule has 9 heteroatoms. The van der Waals surface area contributed by atoms with Crippen molar-refractivity contribution in [2.45, 2.75) is 67.7 Å². The SMILES string of the molecule is CN(C(=O)/C=C/c1cccc(C(=O)I)c1)C1CCC2(O)[C@H]3Cc4ccc(O)c5c4[C@@]2(CC[N+]3(O)CC2CC2)[C@H]1O5. The summed E-state index contributed by atoms with van der Waals surface area (Å²) in [6.45, 7) is 1.17. The number of piperidine rings is 1. The predicted octanol–water partition coefficient (Wildman–Crippen LogP) is 3.98. The van der Waals surface area contributed by atoms with Crippen molar-refractivity contribution >= 4 is 38.4 Å². The Labute approximate surface area is 246 Å². The number of amides is 1. The molecule has 2 saturated carbocycles. The molecule has 3 fully saturated rings. The van der Waals surface area contributed by atoms with Crippen LogP contribution in [0.15, 0.2) is 42.5 Å². The van der Waals surface area contributed by atoms with Gasteiger partial charge in [0.15, 0.2) is 17.5 Å². The van der Waals surface area contributed by atoms with Gasteiger partial charge in [-0.15, -0.1) is 0 Å². The predicted molar refractivity (Wildman–Crippen MR) is 155 cm³/mol. The Morgan fingerprint density at radius 1 is 1.20 bits per heavy atom. The monoisotopic (exact) mass is 657 g/mol. The standard InChI is InChI=1S/C31H33IN2O6/c1-33(25(36)10-7-18-3-2-4-21(15-18)29(32)37)22-11-12-31(38)24-16-20-8-9-23(35)27-26(20)30(31,28(22)40-27)13-14-34(24,39)17-19-5-6-19/h2-4,7-10,15,19,22,24,28,38-39H,5-6,11-14,16-17H2,1H3/p+1/b10-7+/t22?,24-,28+,30+,31?,34?/m1/s1. The van der Waals surface area contributed by atoms with E-state index < -0.39 is 17.1 Å². The average molecular weight is 658 g/mol. The Balaban J connectivity index is 1.24. The number of nitrogens with zero attached hydrogens (tertiary/aromatic N) is 2. The fourth-order valence-electron chi connectivity index (χ4n) is 8.37. The van der Waals surface area contributed by atoms with E-state index in [9.17, 15) is 25.0 Å². The molecule has 3 aliphatic carbocycles. The van der Waals surface area contributed by atoms with Gasteiger partial charge >= 0.3 is 0 Å². The van der Waals surface area contributed by atoms with E-state index in [1.807, 2.05) is 12.1 Å². The van der Waals surface area contributed by atoms with Crippen molar-refractivity contribution in [1.82, 2.24) is 4.90 Å². The van der Waals surface area contributed by atoms with Gasteiger partial charge in [0, 0.05) is 65.6 Å². The summed E-state index contributed by atoms with van der Waals surface area (Å²) < 4.78 is 6.39. The molecule has 5 aliphatic rings. The fourth-order valence-corrected chi connectivity index (χ4v) is 8.70. The topological polar surface area (TPSA) is 107 Å². The Bertz CT molecular complexity index is 1460. The molecule has 0 aromatic heterocycles. The third kappa shape index (κ3) is 3.66. The van der Waals surface area contributed by atoms with Crippen molar-refractivity contribution < 1.29 is 34.4 Å². The third-order valence-electron chi connectivity index (χ3n) is 10.4. The van der Waals surface area contributed by atoms with Gasteiger partial charge in [-0.05, 0) is 55.0 Å². The van der Waals surface area contributed by atoms with E-state index in [4.69, 9.17) is 4.74 Å². The Morgan fingerprint density at radius 3 is 2.75 bits per heavy atom. The van der Waals surface area contributed by atoms with Gasteiger partial charge in [0.1, 0.15) is 24.8 Å². The second-order valence-electron chi connectivity index (χ2n) is 12.5. The number of hydrogen-bond donors (Lipinski definition) is 3. The summed E-state index contributed by atoms with van der Waals surface area (Å²) in [7, 11) is 1.76. The number of hydroxylamine groups is 3. The van der Waals surface area contributed by atoms with Crippen LogP contribution in [0.1, 0.15) is 59.2 Å². The van der Waals surface area contributed by atoms with Gasteiger partial charge in [-0.3, -0.25) is 9.59 Å². The number of ether oxygens (including phenoxy) is 1. The van der Waals surface area contributed by atoms with Gasteiger partial charge in [-0.25, -0.2) is 5.21 Å². The minimum absolute atomic E-state index is 0.0500. The number of likely N-dealkylation sites (tertiary alicyclic amines) is 1. The first-order valence-corrected chi connectivity index (χ1v) is 15.2. The molecular weight excluding hydrogens is 623 g/mol. The number of carbonyl (C=O) groups excluding carboxylic acids is 2. The van der Waals surface area contributed by atoms with Crippen LogP contribution < -0.4 is 4.74 Å². The van der Waals surface area contributed by atoms with Crippen LogP contribution >= 0.6 is 22.6 Å². The van der Waals surface area contributed by atoms with Gasteiger partial charge < -0.3 is 19.8 Å². The lowest BCUT2D eigenvalue weighted by molar-refractivity contribution is -1.13. The number of carbonyl (C=O) groups is 2. The highest BCUT2D eigenvalue weighted by Gasteiger charge is 2.77. The van der Waals surface area contributed by atoms with Crippen molar-refractivity contribution in [2.24, 2.45) is 5.92 Å². The van der Waals surface area contributed by atoms with Gasteiger partial charge in [0.25, 0.3) is 0 Å². The lowest BCUT2D eigenvalue weighted by atomic mass is 9.48. The number of rotatable bonds is 6. The van der Waals surface area contributed by atoms with E-state index in [0.717, 1.165) is 29.5 Å². The first-order valence-electron chi connectivity index (χ1n) is 14.2. The Kier molecular flexibility index (Phi) is 5.96. The first-order chi connectivity index (χ1) is 19.1. The summed E-state index contributed by atoms with van der Waals surface area (Å²) in [4.78, 5) is 26.9. The maximum atomic E-state index is 13.5. The van der Waals surface area contributed by atoms with E-state index in [-0.39, 0.29) is 32.2 Å². The zero-order valence-corrected chi connectivity index (χ0v) is 24.6. The van der Waals surface area contributed by atoms with Crippen molar-refractivity contribution in [3.8, 4) is 11.5 Å². The molecule has 1 spiro atoms. The quantitative estimate of drug-likeness (QED) is 0.188. The molecule has 2 aromatic rings. The molecular formula is C31H34IN2O6+. The summed E-state index contributed by atoms with van der Waals surface area (Å²) in [5.41, 5.74) is 1.19. The summed E-state index contributed by atoms with van der Waals surface area (Å²) in [6, 6.07) is 9.98. The normalized spacial score (nSPS) is 35.2. The highest BCUT2D eigenvalue weighted by atomic mass is 127. The van der Waals surface area contributed by atoms with Crippen molar-refractivity contribution in [1.29, 1.82) is 0 Å². The van der Waals surface area contributed by atoms with Crippen LogP contribution in [0.4, 0.5) is 0 Å². The molecule has 3 N–H and O–H groups in total. The molecule has 2 aliphatic heterocycles. The van der Waals surface area contributed by atoms with Gasteiger partial charge in [0.2, 0.25) is 9.70 Å². The number of halogens is 1. The van der Waals surface area contributed by atoms with E-state index >= 15 is 0 Å². The lowest BCUT2D eigenvalue weighted by Crippen LogP contribution is -2.82. The van der Waals surface area contributed by atoms with E-state index in [0.29, 0.717) is 56.0 Å². The van der Waals surface area contributed by atoms with Crippen LogP contribution in [-0.4, -0.2) is 78.6 Å². The zero-order chi connectivity index (χ0) is 28.0. The Morgan fingerprint density at radius 2 is 2.00 bits per heavy atom. The number of quaternary nitrogens is 1. The molecule has 8 nitrogen and oxygen atoms in total. The average Bonchev–Trinajstić information content (AvgIpc) is 3.66. The summed E-state index contributed by atoms with van der Waals surface area (Å²) in [5.74, 6) is 0.765. The van der Waals surface area contributed by atoms with E-state index in [1.165, 1.54) is 6.08 Å². The molecule has 7 rings (SSSR count). The molecule has 2 aromatic carbocycles. The lowest BCUT2D eigenvalue weighted by Gasteiger charge is -2.64. The maximum absolute atomic E-state index is 13.5.